The monoisotopic (exact) mass is 389 g/mol. The molecule has 0 saturated heterocycles. The molecule has 2 atom stereocenters. The van der Waals surface area contributed by atoms with Crippen LogP contribution in [0.1, 0.15) is 59.8 Å². The van der Waals surface area contributed by atoms with Crippen LogP contribution in [0.5, 0.6) is 5.75 Å². The van der Waals surface area contributed by atoms with Crippen molar-refractivity contribution in [3.8, 4) is 5.75 Å². The quantitative estimate of drug-likeness (QED) is 0.695. The second kappa shape index (κ2) is 9.97. The van der Waals surface area contributed by atoms with E-state index in [1.165, 1.54) is 24.2 Å². The molecule has 1 saturated carbocycles. The van der Waals surface area contributed by atoms with Crippen LogP contribution >= 0.6 is 0 Å². The summed E-state index contributed by atoms with van der Waals surface area (Å²) in [6.45, 7) is 7.53. The van der Waals surface area contributed by atoms with Crippen LogP contribution < -0.4 is 9.64 Å². The van der Waals surface area contributed by atoms with Crippen LogP contribution in [0.4, 0.5) is 10.5 Å². The maximum Gasteiger partial charge on any atom is 0.418 e. The van der Waals surface area contributed by atoms with Crippen LogP contribution in [0.3, 0.4) is 0 Å². The van der Waals surface area contributed by atoms with E-state index in [0.29, 0.717) is 11.6 Å². The van der Waals surface area contributed by atoms with E-state index in [4.69, 9.17) is 9.47 Å². The van der Waals surface area contributed by atoms with E-state index in [-0.39, 0.29) is 5.92 Å². The van der Waals surface area contributed by atoms with E-state index in [9.17, 15) is 9.90 Å². The molecule has 28 heavy (non-hydrogen) atoms. The van der Waals surface area contributed by atoms with Crippen LogP contribution in [0.15, 0.2) is 36.5 Å². The van der Waals surface area contributed by atoms with Crippen LogP contribution in [0.2, 0.25) is 0 Å². The molecule has 2 rings (SSSR count). The van der Waals surface area contributed by atoms with E-state index in [2.05, 4.69) is 0 Å². The molecule has 1 N–H and O–H groups in total. The van der Waals surface area contributed by atoms with Crippen LogP contribution in [-0.4, -0.2) is 30.0 Å². The number of carbonyl (C=O) groups excluding carboxylic acids is 1. The predicted octanol–water partition coefficient (Wildman–Crippen LogP) is 5.53. The van der Waals surface area contributed by atoms with Crippen molar-refractivity contribution in [1.82, 2.24) is 0 Å². The highest BCUT2D eigenvalue weighted by atomic mass is 16.6. The number of ether oxygens (including phenoxy) is 2. The molecule has 0 spiro atoms. The summed E-state index contributed by atoms with van der Waals surface area (Å²) in [5.41, 5.74) is 0.0914. The van der Waals surface area contributed by atoms with Crippen molar-refractivity contribution in [1.29, 1.82) is 0 Å². The zero-order chi connectivity index (χ0) is 20.7. The lowest BCUT2D eigenvalue weighted by Crippen LogP contribution is -2.34. The number of aliphatic hydroxyl groups excluding tert-OH is 1. The van der Waals surface area contributed by atoms with Crippen LogP contribution in [0.25, 0.3) is 0 Å². The van der Waals surface area contributed by atoms with Gasteiger partial charge in [-0.25, -0.2) is 4.79 Å². The van der Waals surface area contributed by atoms with Crippen molar-refractivity contribution in [3.05, 3.63) is 36.5 Å². The molecule has 0 heterocycles. The number of rotatable bonds is 6. The van der Waals surface area contributed by atoms with Gasteiger partial charge in [-0.2, -0.15) is 0 Å². The Kier molecular flexibility index (Phi) is 7.93. The first kappa shape index (κ1) is 22.3. The van der Waals surface area contributed by atoms with Crippen molar-refractivity contribution in [2.75, 3.05) is 12.0 Å². The Morgan fingerprint density at radius 1 is 1.18 bits per heavy atom. The molecule has 5 heteroatoms. The molecule has 5 nitrogen and oxygen atoms in total. The maximum absolute atomic E-state index is 12.8. The van der Waals surface area contributed by atoms with Gasteiger partial charge in [-0.05, 0) is 63.8 Å². The van der Waals surface area contributed by atoms with Gasteiger partial charge in [0.05, 0.1) is 18.9 Å². The fraction of sp³-hybridized carbons (Fsp3) is 0.609. The zero-order valence-electron chi connectivity index (χ0n) is 17.9. The summed E-state index contributed by atoms with van der Waals surface area (Å²) in [6.07, 6.45) is 8.56. The summed E-state index contributed by atoms with van der Waals surface area (Å²) in [7, 11) is 1.61. The summed E-state index contributed by atoms with van der Waals surface area (Å²) in [5, 5.41) is 10.7. The van der Waals surface area contributed by atoms with Gasteiger partial charge in [-0.15, -0.1) is 0 Å². The van der Waals surface area contributed by atoms with E-state index in [1.54, 1.807) is 25.4 Å². The molecule has 1 aliphatic rings. The second-order valence-electron chi connectivity index (χ2n) is 8.64. The van der Waals surface area contributed by atoms with Gasteiger partial charge in [-0.3, -0.25) is 4.90 Å². The van der Waals surface area contributed by atoms with Gasteiger partial charge in [0.25, 0.3) is 0 Å². The number of hydrogen-bond donors (Lipinski definition) is 1. The third kappa shape index (κ3) is 6.55. The maximum atomic E-state index is 12.8. The van der Waals surface area contributed by atoms with Gasteiger partial charge in [0.1, 0.15) is 11.4 Å². The minimum Gasteiger partial charge on any atom is -0.497 e. The minimum atomic E-state index is -0.594. The third-order valence-electron chi connectivity index (χ3n) is 5.15. The smallest absolute Gasteiger partial charge is 0.418 e. The average Bonchev–Trinajstić information content (AvgIpc) is 2.67. The van der Waals surface area contributed by atoms with Gasteiger partial charge >= 0.3 is 6.09 Å². The van der Waals surface area contributed by atoms with Gasteiger partial charge in [0.15, 0.2) is 0 Å². The van der Waals surface area contributed by atoms with Crippen molar-refractivity contribution in [2.45, 2.75) is 71.5 Å². The number of nitrogens with zero attached hydrogens (tertiary/aromatic N) is 1. The van der Waals surface area contributed by atoms with Crippen molar-refractivity contribution >= 4 is 11.8 Å². The molecule has 0 aliphatic heterocycles. The molecule has 1 aliphatic carbocycles. The second-order valence-corrected chi connectivity index (χ2v) is 8.64. The average molecular weight is 390 g/mol. The van der Waals surface area contributed by atoms with E-state index < -0.39 is 17.8 Å². The van der Waals surface area contributed by atoms with Crippen LogP contribution in [-0.2, 0) is 4.74 Å². The number of amides is 1. The highest BCUT2D eigenvalue weighted by Gasteiger charge is 2.26. The van der Waals surface area contributed by atoms with Crippen molar-refractivity contribution in [2.24, 2.45) is 11.8 Å². The highest BCUT2D eigenvalue weighted by molar-refractivity contribution is 5.90. The van der Waals surface area contributed by atoms with Crippen molar-refractivity contribution in [3.63, 3.8) is 0 Å². The summed E-state index contributed by atoms with van der Waals surface area (Å²) < 4.78 is 10.8. The fourth-order valence-corrected chi connectivity index (χ4v) is 3.55. The van der Waals surface area contributed by atoms with Crippen molar-refractivity contribution < 1.29 is 19.4 Å². The lowest BCUT2D eigenvalue weighted by molar-refractivity contribution is 0.0547. The van der Waals surface area contributed by atoms with E-state index in [0.717, 1.165) is 18.6 Å². The number of benzene rings is 1. The molecule has 0 unspecified atom stereocenters. The first-order valence-electron chi connectivity index (χ1n) is 10.2. The number of hydrogen-bond acceptors (Lipinski definition) is 4. The molecule has 0 radical (unpaired) electrons. The Bertz CT molecular complexity index is 642. The first-order valence-corrected chi connectivity index (χ1v) is 10.2. The molecule has 1 aromatic rings. The first-order chi connectivity index (χ1) is 13.2. The molecule has 1 fully saturated rings. The highest BCUT2D eigenvalue weighted by Crippen LogP contribution is 2.30. The largest absolute Gasteiger partial charge is 0.497 e. The molecule has 0 bridgehead atoms. The van der Waals surface area contributed by atoms with Gasteiger partial charge < -0.3 is 14.6 Å². The molecule has 1 aromatic carbocycles. The van der Waals surface area contributed by atoms with E-state index in [1.807, 2.05) is 45.9 Å². The van der Waals surface area contributed by atoms with Gasteiger partial charge in [0.2, 0.25) is 0 Å². The lowest BCUT2D eigenvalue weighted by atomic mass is 9.81. The number of methoxy groups -OCH3 is 1. The zero-order valence-corrected chi connectivity index (χ0v) is 17.9. The lowest BCUT2D eigenvalue weighted by Gasteiger charge is -2.30. The van der Waals surface area contributed by atoms with Gasteiger partial charge in [0, 0.05) is 12.1 Å². The number of anilines is 1. The third-order valence-corrected chi connectivity index (χ3v) is 5.15. The molecule has 156 valence electrons. The Balaban J connectivity index is 2.17. The summed E-state index contributed by atoms with van der Waals surface area (Å²) in [4.78, 5) is 14.2. The topological polar surface area (TPSA) is 59.0 Å². The van der Waals surface area contributed by atoms with Gasteiger partial charge in [-0.1, -0.05) is 32.3 Å². The number of aliphatic hydroxyl groups is 1. The molecular formula is C23H35NO4. The Hall–Kier alpha value is -2.01. The molecular weight excluding hydrogens is 354 g/mol. The predicted molar refractivity (Wildman–Crippen MR) is 113 cm³/mol. The number of carbonyl (C=O) groups is 1. The minimum absolute atomic E-state index is 0.0497. The normalized spacial score (nSPS) is 17.9. The standard InChI is InChI=1S/C23H35NO4/c1-17(21(25)18-9-7-6-8-10-18)15-16-24(22(26)28-23(2,3)4)19-11-13-20(27-5)14-12-19/h11-18,21,25H,6-10H2,1-5H3/b16-15-/t17-,21-/m1/s1. The molecule has 0 aromatic heterocycles. The fourth-order valence-electron chi connectivity index (χ4n) is 3.55. The SMILES string of the molecule is COc1ccc(N(/C=C\[C@@H](C)[C@@H](O)C2CCCCC2)C(=O)OC(C)(C)C)cc1. The van der Waals surface area contributed by atoms with E-state index >= 15 is 0 Å². The Morgan fingerprint density at radius 2 is 1.79 bits per heavy atom. The summed E-state index contributed by atoms with van der Waals surface area (Å²) in [6, 6.07) is 7.24. The Morgan fingerprint density at radius 3 is 2.32 bits per heavy atom. The summed E-state index contributed by atoms with van der Waals surface area (Å²) >= 11 is 0. The summed E-state index contributed by atoms with van der Waals surface area (Å²) in [5.74, 6) is 1.01. The Labute approximate surface area is 169 Å². The van der Waals surface area contributed by atoms with Crippen LogP contribution in [0, 0.1) is 11.8 Å². The molecule has 1 amide bonds.